The summed E-state index contributed by atoms with van der Waals surface area (Å²) in [4.78, 5) is 11.8. The van der Waals surface area contributed by atoms with Crippen LogP contribution in [0.1, 0.15) is 16.1 Å². The molecule has 0 aliphatic carbocycles. The molecule has 0 radical (unpaired) electrons. The lowest BCUT2D eigenvalue weighted by Gasteiger charge is -2.04. The van der Waals surface area contributed by atoms with Crippen molar-refractivity contribution in [3.05, 3.63) is 35.6 Å². The fourth-order valence-corrected chi connectivity index (χ4v) is 2.21. The highest BCUT2D eigenvalue weighted by molar-refractivity contribution is 7.98. The van der Waals surface area contributed by atoms with Crippen LogP contribution in [0.2, 0.25) is 0 Å². The Labute approximate surface area is 103 Å². The molecule has 2 aromatic rings. The molecule has 0 fully saturated rings. The normalized spacial score (nSPS) is 10.5. The molecule has 1 aromatic heterocycles. The number of aromatic carboxylic acids is 1. The Morgan fingerprint density at radius 3 is 2.76 bits per heavy atom. The van der Waals surface area contributed by atoms with E-state index in [1.165, 1.54) is 6.07 Å². The van der Waals surface area contributed by atoms with Gasteiger partial charge < -0.3 is 9.63 Å². The number of rotatable bonds is 3. The number of nitrogens with zero attached hydrogens (tertiary/aromatic N) is 1. The van der Waals surface area contributed by atoms with Crippen LogP contribution in [-0.4, -0.2) is 22.5 Å². The monoisotopic (exact) mass is 249 g/mol. The van der Waals surface area contributed by atoms with Crippen LogP contribution in [0.25, 0.3) is 11.3 Å². The molecule has 0 bridgehead atoms. The van der Waals surface area contributed by atoms with Crippen molar-refractivity contribution < 1.29 is 14.4 Å². The number of benzene rings is 1. The van der Waals surface area contributed by atoms with Crippen molar-refractivity contribution >= 4 is 17.7 Å². The summed E-state index contributed by atoms with van der Waals surface area (Å²) < 4.78 is 4.75. The highest BCUT2D eigenvalue weighted by atomic mass is 32.2. The lowest BCUT2D eigenvalue weighted by atomic mass is 10.1. The second-order valence-corrected chi connectivity index (χ2v) is 4.43. The second kappa shape index (κ2) is 4.63. The first-order valence-corrected chi connectivity index (χ1v) is 6.19. The van der Waals surface area contributed by atoms with Gasteiger partial charge in [-0.2, -0.15) is 0 Å². The van der Waals surface area contributed by atoms with Crippen LogP contribution in [0.3, 0.4) is 0 Å². The SMILES string of the molecule is CSc1cc(C)ccc1-c1cc(C(=O)O)on1. The molecule has 0 atom stereocenters. The number of carboxylic acids is 1. The van der Waals surface area contributed by atoms with E-state index in [-0.39, 0.29) is 5.76 Å². The minimum absolute atomic E-state index is 0.146. The van der Waals surface area contributed by atoms with Gasteiger partial charge in [0.2, 0.25) is 5.76 Å². The van der Waals surface area contributed by atoms with Gasteiger partial charge in [0.25, 0.3) is 0 Å². The molecular formula is C12H11NO3S. The molecule has 5 heteroatoms. The number of thioether (sulfide) groups is 1. The third-order valence-electron chi connectivity index (χ3n) is 2.35. The number of aromatic nitrogens is 1. The van der Waals surface area contributed by atoms with Crippen LogP contribution in [0.15, 0.2) is 33.7 Å². The Bertz CT molecular complexity index is 563. The van der Waals surface area contributed by atoms with E-state index in [1.54, 1.807) is 11.8 Å². The molecular weight excluding hydrogens is 238 g/mol. The fraction of sp³-hybridized carbons (Fsp3) is 0.167. The van der Waals surface area contributed by atoms with Crippen LogP contribution >= 0.6 is 11.8 Å². The van der Waals surface area contributed by atoms with Crippen molar-refractivity contribution in [2.24, 2.45) is 0 Å². The molecule has 17 heavy (non-hydrogen) atoms. The van der Waals surface area contributed by atoms with E-state index in [0.717, 1.165) is 16.0 Å². The van der Waals surface area contributed by atoms with E-state index in [1.807, 2.05) is 31.4 Å². The first-order chi connectivity index (χ1) is 8.11. The molecule has 0 unspecified atom stereocenters. The van der Waals surface area contributed by atoms with Crippen molar-refractivity contribution in [1.82, 2.24) is 5.16 Å². The molecule has 0 spiro atoms. The third-order valence-corrected chi connectivity index (χ3v) is 3.13. The summed E-state index contributed by atoms with van der Waals surface area (Å²) in [5.74, 6) is -1.26. The minimum atomic E-state index is -1.11. The highest BCUT2D eigenvalue weighted by Crippen LogP contribution is 2.30. The Morgan fingerprint density at radius 1 is 1.41 bits per heavy atom. The summed E-state index contributed by atoms with van der Waals surface area (Å²) in [6, 6.07) is 7.36. The molecule has 1 N–H and O–H groups in total. The summed E-state index contributed by atoms with van der Waals surface area (Å²) >= 11 is 1.59. The van der Waals surface area contributed by atoms with Gasteiger partial charge in [-0.3, -0.25) is 0 Å². The van der Waals surface area contributed by atoms with Crippen LogP contribution in [-0.2, 0) is 0 Å². The molecule has 88 valence electrons. The molecule has 0 amide bonds. The third kappa shape index (κ3) is 2.34. The van der Waals surface area contributed by atoms with Gasteiger partial charge in [0, 0.05) is 16.5 Å². The zero-order valence-electron chi connectivity index (χ0n) is 9.43. The van der Waals surface area contributed by atoms with E-state index < -0.39 is 5.97 Å². The van der Waals surface area contributed by atoms with Gasteiger partial charge >= 0.3 is 5.97 Å². The zero-order valence-corrected chi connectivity index (χ0v) is 10.2. The second-order valence-electron chi connectivity index (χ2n) is 3.59. The van der Waals surface area contributed by atoms with Crippen LogP contribution in [0.4, 0.5) is 0 Å². The number of hydrogen-bond donors (Lipinski definition) is 1. The number of aryl methyl sites for hydroxylation is 1. The topological polar surface area (TPSA) is 63.3 Å². The zero-order chi connectivity index (χ0) is 12.4. The standard InChI is InChI=1S/C12H11NO3S/c1-7-3-4-8(11(5-7)17-2)9-6-10(12(14)15)16-13-9/h3-6H,1-2H3,(H,14,15). The van der Waals surface area contributed by atoms with Gasteiger partial charge in [-0.1, -0.05) is 17.3 Å². The van der Waals surface area contributed by atoms with Gasteiger partial charge in [0.1, 0.15) is 5.69 Å². The average Bonchev–Trinajstić information content (AvgIpc) is 2.78. The maximum atomic E-state index is 10.7. The molecule has 0 saturated carbocycles. The smallest absolute Gasteiger partial charge is 0.374 e. The first-order valence-electron chi connectivity index (χ1n) is 4.97. The van der Waals surface area contributed by atoms with Gasteiger partial charge in [-0.25, -0.2) is 4.79 Å². The van der Waals surface area contributed by atoms with Crippen molar-refractivity contribution in [2.45, 2.75) is 11.8 Å². The maximum Gasteiger partial charge on any atom is 0.374 e. The minimum Gasteiger partial charge on any atom is -0.475 e. The van der Waals surface area contributed by atoms with Gasteiger partial charge in [0.05, 0.1) is 0 Å². The van der Waals surface area contributed by atoms with E-state index in [9.17, 15) is 4.79 Å². The van der Waals surface area contributed by atoms with Crippen LogP contribution < -0.4 is 0 Å². The number of hydrogen-bond acceptors (Lipinski definition) is 4. The molecule has 0 aliphatic rings. The Kier molecular flexibility index (Phi) is 3.19. The van der Waals surface area contributed by atoms with Gasteiger partial charge in [0.15, 0.2) is 0 Å². The Balaban J connectivity index is 2.48. The Morgan fingerprint density at radius 2 is 2.18 bits per heavy atom. The van der Waals surface area contributed by atoms with Crippen molar-refractivity contribution in [3.63, 3.8) is 0 Å². The molecule has 0 aliphatic heterocycles. The molecule has 0 saturated heterocycles. The van der Waals surface area contributed by atoms with Crippen molar-refractivity contribution in [3.8, 4) is 11.3 Å². The van der Waals surface area contributed by atoms with Gasteiger partial charge in [-0.05, 0) is 24.8 Å². The first kappa shape index (κ1) is 11.7. The molecule has 2 rings (SSSR count). The van der Waals surface area contributed by atoms with Crippen LogP contribution in [0.5, 0.6) is 0 Å². The lowest BCUT2D eigenvalue weighted by molar-refractivity contribution is 0.0652. The lowest BCUT2D eigenvalue weighted by Crippen LogP contribution is -1.91. The summed E-state index contributed by atoms with van der Waals surface area (Å²) in [7, 11) is 0. The molecule has 1 heterocycles. The quantitative estimate of drug-likeness (QED) is 0.847. The Hall–Kier alpha value is -1.75. The summed E-state index contributed by atoms with van der Waals surface area (Å²) in [5.41, 5.74) is 2.59. The maximum absolute atomic E-state index is 10.7. The van der Waals surface area contributed by atoms with Gasteiger partial charge in [-0.15, -0.1) is 11.8 Å². The largest absolute Gasteiger partial charge is 0.475 e. The average molecular weight is 249 g/mol. The van der Waals surface area contributed by atoms with Crippen LogP contribution in [0, 0.1) is 6.92 Å². The van der Waals surface area contributed by atoms with E-state index in [4.69, 9.17) is 9.63 Å². The van der Waals surface area contributed by atoms with E-state index in [2.05, 4.69) is 5.16 Å². The number of carboxylic acid groups (broad SMARTS) is 1. The predicted octanol–water partition coefficient (Wildman–Crippen LogP) is 3.07. The number of carbonyl (C=O) groups is 1. The summed E-state index contributed by atoms with van der Waals surface area (Å²) in [6.07, 6.45) is 1.97. The summed E-state index contributed by atoms with van der Waals surface area (Å²) in [6.45, 7) is 2.01. The fourth-order valence-electron chi connectivity index (χ4n) is 1.51. The summed E-state index contributed by atoms with van der Waals surface area (Å²) in [5, 5.41) is 12.6. The predicted molar refractivity (Wildman–Crippen MR) is 65.4 cm³/mol. The molecule has 1 aromatic carbocycles. The van der Waals surface area contributed by atoms with E-state index in [0.29, 0.717) is 5.69 Å². The van der Waals surface area contributed by atoms with Crippen molar-refractivity contribution in [2.75, 3.05) is 6.26 Å². The van der Waals surface area contributed by atoms with E-state index >= 15 is 0 Å². The van der Waals surface area contributed by atoms with Crippen molar-refractivity contribution in [1.29, 1.82) is 0 Å². The molecule has 4 nitrogen and oxygen atoms in total. The highest BCUT2D eigenvalue weighted by Gasteiger charge is 2.14.